The highest BCUT2D eigenvalue weighted by atomic mass is 16.6. The average molecular weight is 271 g/mol. The topological polar surface area (TPSA) is 56.3 Å². The van der Waals surface area contributed by atoms with Gasteiger partial charge in [0.2, 0.25) is 0 Å². The lowest BCUT2D eigenvalue weighted by Gasteiger charge is -2.18. The van der Waals surface area contributed by atoms with Crippen LogP contribution < -0.4 is 14.8 Å². The summed E-state index contributed by atoms with van der Waals surface area (Å²) in [5.41, 5.74) is 3.03. The van der Waals surface area contributed by atoms with Crippen LogP contribution in [0, 0.1) is 6.92 Å². The molecule has 0 spiro atoms. The average Bonchev–Trinajstić information content (AvgIpc) is 2.49. The Morgan fingerprint density at radius 2 is 1.90 bits per heavy atom. The van der Waals surface area contributed by atoms with E-state index in [1.807, 2.05) is 25.1 Å². The maximum absolute atomic E-state index is 5.57. The van der Waals surface area contributed by atoms with Crippen LogP contribution in [0.1, 0.15) is 17.0 Å². The van der Waals surface area contributed by atoms with Gasteiger partial charge < -0.3 is 14.8 Å². The molecule has 2 aromatic rings. The molecule has 0 amide bonds. The predicted molar refractivity (Wildman–Crippen MR) is 74.7 cm³/mol. The number of fused-ring (bicyclic) bond motifs is 1. The van der Waals surface area contributed by atoms with E-state index in [1.54, 1.807) is 12.4 Å². The number of rotatable bonds is 4. The number of hydrogen-bond acceptors (Lipinski definition) is 5. The SMILES string of the molecule is Cc1cnc(CNCc2ccc3c(c2)OCCO3)cn1. The van der Waals surface area contributed by atoms with Gasteiger partial charge in [0.15, 0.2) is 11.5 Å². The smallest absolute Gasteiger partial charge is 0.161 e. The molecule has 0 fully saturated rings. The molecule has 1 aromatic carbocycles. The van der Waals surface area contributed by atoms with Crippen LogP contribution in [0.3, 0.4) is 0 Å². The van der Waals surface area contributed by atoms with Crippen molar-refractivity contribution < 1.29 is 9.47 Å². The molecule has 0 saturated carbocycles. The lowest BCUT2D eigenvalue weighted by Crippen LogP contribution is -2.17. The summed E-state index contributed by atoms with van der Waals surface area (Å²) in [6.07, 6.45) is 3.58. The fourth-order valence-electron chi connectivity index (χ4n) is 2.04. The summed E-state index contributed by atoms with van der Waals surface area (Å²) in [4.78, 5) is 8.53. The van der Waals surface area contributed by atoms with E-state index in [-0.39, 0.29) is 0 Å². The van der Waals surface area contributed by atoms with Crippen LogP contribution in [0.25, 0.3) is 0 Å². The molecule has 1 aliphatic heterocycles. The Morgan fingerprint density at radius 1 is 1.05 bits per heavy atom. The van der Waals surface area contributed by atoms with Crippen molar-refractivity contribution in [2.45, 2.75) is 20.0 Å². The molecule has 20 heavy (non-hydrogen) atoms. The van der Waals surface area contributed by atoms with Gasteiger partial charge in [-0.3, -0.25) is 9.97 Å². The highest BCUT2D eigenvalue weighted by Gasteiger charge is 2.11. The molecule has 0 bridgehead atoms. The molecule has 2 heterocycles. The van der Waals surface area contributed by atoms with Crippen LogP contribution in [0.2, 0.25) is 0 Å². The molecule has 0 aliphatic carbocycles. The largest absolute Gasteiger partial charge is 0.486 e. The van der Waals surface area contributed by atoms with Crippen molar-refractivity contribution in [3.05, 3.63) is 47.5 Å². The molecule has 0 atom stereocenters. The molecule has 104 valence electrons. The number of nitrogens with one attached hydrogen (secondary N) is 1. The molecule has 5 nitrogen and oxygen atoms in total. The van der Waals surface area contributed by atoms with Crippen molar-refractivity contribution >= 4 is 0 Å². The molecule has 5 heteroatoms. The zero-order chi connectivity index (χ0) is 13.8. The second-order valence-electron chi connectivity index (χ2n) is 4.73. The van der Waals surface area contributed by atoms with E-state index in [9.17, 15) is 0 Å². The second kappa shape index (κ2) is 5.88. The number of ether oxygens (including phenoxy) is 2. The minimum absolute atomic E-state index is 0.614. The number of aromatic nitrogens is 2. The Bertz CT molecular complexity index is 584. The number of nitrogens with zero attached hydrogens (tertiary/aromatic N) is 2. The van der Waals surface area contributed by atoms with Crippen molar-refractivity contribution in [1.82, 2.24) is 15.3 Å². The van der Waals surface area contributed by atoms with Crippen molar-refractivity contribution in [2.24, 2.45) is 0 Å². The summed E-state index contributed by atoms with van der Waals surface area (Å²) in [6, 6.07) is 6.01. The van der Waals surface area contributed by atoms with Crippen LogP contribution >= 0.6 is 0 Å². The minimum atomic E-state index is 0.614. The Morgan fingerprint density at radius 3 is 2.70 bits per heavy atom. The van der Waals surface area contributed by atoms with Gasteiger partial charge in [-0.25, -0.2) is 0 Å². The van der Waals surface area contributed by atoms with Crippen molar-refractivity contribution in [2.75, 3.05) is 13.2 Å². The zero-order valence-corrected chi connectivity index (χ0v) is 11.4. The van der Waals surface area contributed by atoms with Crippen LogP contribution in [0.5, 0.6) is 11.5 Å². The van der Waals surface area contributed by atoms with E-state index in [2.05, 4.69) is 15.3 Å². The lowest BCUT2D eigenvalue weighted by molar-refractivity contribution is 0.171. The quantitative estimate of drug-likeness (QED) is 0.919. The van der Waals surface area contributed by atoms with Gasteiger partial charge in [-0.05, 0) is 24.6 Å². The number of aryl methyl sites for hydroxylation is 1. The fourth-order valence-corrected chi connectivity index (χ4v) is 2.04. The van der Waals surface area contributed by atoms with E-state index in [0.29, 0.717) is 19.8 Å². The molecular formula is C15H17N3O2. The van der Waals surface area contributed by atoms with Crippen molar-refractivity contribution in [3.63, 3.8) is 0 Å². The summed E-state index contributed by atoms with van der Waals surface area (Å²) in [5.74, 6) is 1.65. The maximum atomic E-state index is 5.57. The Balaban J connectivity index is 1.57. The maximum Gasteiger partial charge on any atom is 0.161 e. The van der Waals surface area contributed by atoms with Gasteiger partial charge in [-0.15, -0.1) is 0 Å². The molecule has 0 saturated heterocycles. The highest BCUT2D eigenvalue weighted by Crippen LogP contribution is 2.30. The molecule has 0 unspecified atom stereocenters. The predicted octanol–water partition coefficient (Wildman–Crippen LogP) is 1.85. The van der Waals surface area contributed by atoms with Crippen molar-refractivity contribution in [3.8, 4) is 11.5 Å². The van der Waals surface area contributed by atoms with Gasteiger partial charge >= 0.3 is 0 Å². The van der Waals surface area contributed by atoms with E-state index in [0.717, 1.165) is 35.0 Å². The molecule has 0 radical (unpaired) electrons. The van der Waals surface area contributed by atoms with Crippen LogP contribution in [0.4, 0.5) is 0 Å². The Hall–Kier alpha value is -2.14. The molecule has 1 N–H and O–H groups in total. The third kappa shape index (κ3) is 3.05. The Labute approximate surface area is 118 Å². The van der Waals surface area contributed by atoms with Gasteiger partial charge in [0.05, 0.1) is 11.4 Å². The summed E-state index contributed by atoms with van der Waals surface area (Å²) >= 11 is 0. The first-order valence-electron chi connectivity index (χ1n) is 6.68. The van der Waals surface area contributed by atoms with Gasteiger partial charge in [0.25, 0.3) is 0 Å². The number of benzene rings is 1. The first kappa shape index (κ1) is 12.9. The summed E-state index contributed by atoms with van der Waals surface area (Å²) < 4.78 is 11.1. The standard InChI is InChI=1S/C15H17N3O2/c1-11-7-18-13(10-17-11)9-16-8-12-2-3-14-15(6-12)20-5-4-19-14/h2-3,6-7,10,16H,4-5,8-9H2,1H3. The summed E-state index contributed by atoms with van der Waals surface area (Å²) in [6.45, 7) is 4.62. The molecule has 1 aliphatic rings. The van der Waals surface area contributed by atoms with Crippen LogP contribution in [-0.4, -0.2) is 23.2 Å². The monoisotopic (exact) mass is 271 g/mol. The lowest BCUT2D eigenvalue weighted by atomic mass is 10.2. The molecule has 1 aromatic heterocycles. The fraction of sp³-hybridized carbons (Fsp3) is 0.333. The summed E-state index contributed by atoms with van der Waals surface area (Å²) in [5, 5.41) is 3.35. The molecular weight excluding hydrogens is 254 g/mol. The molecule has 3 rings (SSSR count). The number of hydrogen-bond donors (Lipinski definition) is 1. The van der Waals surface area contributed by atoms with Gasteiger partial charge in [0, 0.05) is 25.5 Å². The first-order chi connectivity index (χ1) is 9.81. The summed E-state index contributed by atoms with van der Waals surface area (Å²) in [7, 11) is 0. The van der Waals surface area contributed by atoms with Crippen molar-refractivity contribution in [1.29, 1.82) is 0 Å². The van der Waals surface area contributed by atoms with Crippen LogP contribution in [0.15, 0.2) is 30.6 Å². The van der Waals surface area contributed by atoms with E-state index in [4.69, 9.17) is 9.47 Å². The second-order valence-corrected chi connectivity index (χ2v) is 4.73. The van der Waals surface area contributed by atoms with E-state index >= 15 is 0 Å². The van der Waals surface area contributed by atoms with Gasteiger partial charge in [-0.2, -0.15) is 0 Å². The van der Waals surface area contributed by atoms with Crippen LogP contribution in [-0.2, 0) is 13.1 Å². The zero-order valence-electron chi connectivity index (χ0n) is 11.4. The Kier molecular flexibility index (Phi) is 3.78. The third-order valence-corrected chi connectivity index (χ3v) is 3.08. The third-order valence-electron chi connectivity index (χ3n) is 3.08. The van der Waals surface area contributed by atoms with Gasteiger partial charge in [-0.1, -0.05) is 6.07 Å². The first-order valence-corrected chi connectivity index (χ1v) is 6.68. The van der Waals surface area contributed by atoms with E-state index < -0.39 is 0 Å². The highest BCUT2D eigenvalue weighted by molar-refractivity contribution is 5.43. The minimum Gasteiger partial charge on any atom is -0.486 e. The van der Waals surface area contributed by atoms with Gasteiger partial charge in [0.1, 0.15) is 13.2 Å². The van der Waals surface area contributed by atoms with E-state index in [1.165, 1.54) is 0 Å². The normalized spacial score (nSPS) is 13.2.